The summed E-state index contributed by atoms with van der Waals surface area (Å²) in [5.41, 5.74) is 0.0163. The number of amides is 2. The number of nitrogens with zero attached hydrogens (tertiary/aromatic N) is 2. The molecule has 8 heteroatoms. The molecule has 0 atom stereocenters. The van der Waals surface area contributed by atoms with Crippen LogP contribution in [0.25, 0.3) is 0 Å². The van der Waals surface area contributed by atoms with E-state index < -0.39 is 10.0 Å². The molecule has 0 aromatic heterocycles. The number of sulfonamides is 1. The van der Waals surface area contributed by atoms with Crippen LogP contribution in [0, 0.1) is 5.41 Å². The van der Waals surface area contributed by atoms with Crippen molar-refractivity contribution in [3.05, 3.63) is 28.7 Å². The normalized spacial score (nSPS) is 16.9. The van der Waals surface area contributed by atoms with Gasteiger partial charge in [0.1, 0.15) is 0 Å². The fourth-order valence-corrected chi connectivity index (χ4v) is 4.03. The minimum Gasteiger partial charge on any atom is -0.337 e. The summed E-state index contributed by atoms with van der Waals surface area (Å²) in [4.78, 5) is 14.1. The Hall–Kier alpha value is -1.12. The zero-order valence-electron chi connectivity index (χ0n) is 14.3. The lowest BCUT2D eigenvalue weighted by atomic mass is 9.97. The summed E-state index contributed by atoms with van der Waals surface area (Å²) in [5, 5.41) is 2.90. The monoisotopic (exact) mass is 417 g/mol. The van der Waals surface area contributed by atoms with E-state index in [1.54, 1.807) is 29.2 Å². The predicted octanol–water partition coefficient (Wildman–Crippen LogP) is 2.51. The van der Waals surface area contributed by atoms with Crippen molar-refractivity contribution in [2.45, 2.75) is 25.7 Å². The molecule has 2 amide bonds. The van der Waals surface area contributed by atoms with E-state index in [0.29, 0.717) is 32.7 Å². The van der Waals surface area contributed by atoms with Gasteiger partial charge in [-0.3, -0.25) is 0 Å². The van der Waals surface area contributed by atoms with Crippen LogP contribution in [-0.2, 0) is 10.0 Å². The lowest BCUT2D eigenvalue weighted by Crippen LogP contribution is -2.53. The van der Waals surface area contributed by atoms with Crippen molar-refractivity contribution in [1.82, 2.24) is 14.5 Å². The van der Waals surface area contributed by atoms with E-state index in [2.05, 4.69) is 42.0 Å². The van der Waals surface area contributed by atoms with E-state index in [0.717, 1.165) is 4.47 Å². The van der Waals surface area contributed by atoms with Gasteiger partial charge in [0, 0.05) is 37.2 Å². The van der Waals surface area contributed by atoms with Crippen LogP contribution in [-0.4, -0.2) is 56.4 Å². The molecule has 1 aromatic rings. The zero-order valence-corrected chi connectivity index (χ0v) is 16.7. The Balaban J connectivity index is 1.94. The van der Waals surface area contributed by atoms with Gasteiger partial charge in [0.25, 0.3) is 0 Å². The molecule has 6 nitrogen and oxygen atoms in total. The Morgan fingerprint density at radius 1 is 1.12 bits per heavy atom. The van der Waals surface area contributed by atoms with Gasteiger partial charge in [0.05, 0.1) is 4.90 Å². The molecule has 1 heterocycles. The van der Waals surface area contributed by atoms with Crippen LogP contribution in [0.1, 0.15) is 20.8 Å². The van der Waals surface area contributed by atoms with E-state index in [1.807, 2.05) is 0 Å². The summed E-state index contributed by atoms with van der Waals surface area (Å²) < 4.78 is 27.5. The second kappa shape index (κ2) is 7.41. The maximum absolute atomic E-state index is 12.6. The van der Waals surface area contributed by atoms with Crippen molar-refractivity contribution < 1.29 is 13.2 Å². The van der Waals surface area contributed by atoms with E-state index in [1.165, 1.54) is 4.31 Å². The molecular formula is C16H24BrN3O3S. The third-order valence-corrected chi connectivity index (χ3v) is 6.19. The Kier molecular flexibility index (Phi) is 5.93. The Morgan fingerprint density at radius 3 is 2.17 bits per heavy atom. The van der Waals surface area contributed by atoms with Crippen LogP contribution in [0.4, 0.5) is 4.79 Å². The fourth-order valence-electron chi connectivity index (χ4n) is 2.34. The SMILES string of the molecule is CC(C)(C)CNC(=O)N1CCN(S(=O)(=O)c2ccc(Br)cc2)CC1. The quantitative estimate of drug-likeness (QED) is 0.820. The second-order valence-corrected chi connectivity index (χ2v) is 9.92. The van der Waals surface area contributed by atoms with Gasteiger partial charge >= 0.3 is 6.03 Å². The summed E-state index contributed by atoms with van der Waals surface area (Å²) >= 11 is 3.30. The number of halogens is 1. The summed E-state index contributed by atoms with van der Waals surface area (Å²) in [5.74, 6) is 0. The molecule has 1 N–H and O–H groups in total. The zero-order chi connectivity index (χ0) is 18.0. The molecule has 1 fully saturated rings. The van der Waals surface area contributed by atoms with Crippen LogP contribution in [0.5, 0.6) is 0 Å². The molecule has 0 saturated carbocycles. The number of hydrogen-bond donors (Lipinski definition) is 1. The summed E-state index contributed by atoms with van der Waals surface area (Å²) in [6.07, 6.45) is 0. The first-order valence-corrected chi connectivity index (χ1v) is 10.1. The Bertz CT molecular complexity index is 676. The first-order chi connectivity index (χ1) is 11.1. The number of nitrogens with one attached hydrogen (secondary N) is 1. The summed E-state index contributed by atoms with van der Waals surface area (Å²) in [6, 6.07) is 6.46. The van der Waals surface area contributed by atoms with Gasteiger partial charge in [-0.15, -0.1) is 0 Å². The molecule has 0 radical (unpaired) electrons. The smallest absolute Gasteiger partial charge is 0.317 e. The third kappa shape index (κ3) is 4.94. The maximum atomic E-state index is 12.6. The standard InChI is InChI=1S/C16H24BrN3O3S/c1-16(2,3)12-18-15(21)19-8-10-20(11-9-19)24(22,23)14-6-4-13(17)5-7-14/h4-7H,8-12H2,1-3H3,(H,18,21). The van der Waals surface area contributed by atoms with Crippen molar-refractivity contribution >= 4 is 32.0 Å². The second-order valence-electron chi connectivity index (χ2n) is 7.06. The number of urea groups is 1. The van der Waals surface area contributed by atoms with Crippen molar-refractivity contribution in [3.63, 3.8) is 0 Å². The van der Waals surface area contributed by atoms with E-state index >= 15 is 0 Å². The molecular weight excluding hydrogens is 394 g/mol. The Labute approximate surface area is 152 Å². The van der Waals surface area contributed by atoms with Gasteiger partial charge in [-0.1, -0.05) is 36.7 Å². The topological polar surface area (TPSA) is 69.7 Å². The highest BCUT2D eigenvalue weighted by molar-refractivity contribution is 9.10. The van der Waals surface area contributed by atoms with Crippen LogP contribution in [0.15, 0.2) is 33.6 Å². The first kappa shape index (κ1) is 19.2. The average Bonchev–Trinajstić information content (AvgIpc) is 2.52. The molecule has 0 aliphatic carbocycles. The molecule has 1 aliphatic heterocycles. The molecule has 2 rings (SSSR count). The van der Waals surface area contributed by atoms with Gasteiger partial charge in [-0.05, 0) is 29.7 Å². The average molecular weight is 418 g/mol. The van der Waals surface area contributed by atoms with Gasteiger partial charge < -0.3 is 10.2 Å². The highest BCUT2D eigenvalue weighted by Gasteiger charge is 2.30. The molecule has 134 valence electrons. The lowest BCUT2D eigenvalue weighted by Gasteiger charge is -2.34. The lowest BCUT2D eigenvalue weighted by molar-refractivity contribution is 0.169. The molecule has 0 unspecified atom stereocenters. The molecule has 24 heavy (non-hydrogen) atoms. The molecule has 0 bridgehead atoms. The highest BCUT2D eigenvalue weighted by atomic mass is 79.9. The van der Waals surface area contributed by atoms with E-state index in [9.17, 15) is 13.2 Å². The van der Waals surface area contributed by atoms with Gasteiger partial charge in [0.15, 0.2) is 0 Å². The number of benzene rings is 1. The number of carbonyl (C=O) groups is 1. The summed E-state index contributed by atoms with van der Waals surface area (Å²) in [7, 11) is -3.51. The minimum atomic E-state index is -3.51. The van der Waals surface area contributed by atoms with Crippen molar-refractivity contribution in [2.24, 2.45) is 5.41 Å². The van der Waals surface area contributed by atoms with Crippen LogP contribution >= 0.6 is 15.9 Å². The minimum absolute atomic E-state index is 0.0163. The number of hydrogen-bond acceptors (Lipinski definition) is 3. The number of rotatable bonds is 3. The first-order valence-electron chi connectivity index (χ1n) is 7.88. The molecule has 1 aromatic carbocycles. The largest absolute Gasteiger partial charge is 0.337 e. The van der Waals surface area contributed by atoms with Crippen LogP contribution in [0.2, 0.25) is 0 Å². The van der Waals surface area contributed by atoms with Crippen molar-refractivity contribution in [3.8, 4) is 0 Å². The van der Waals surface area contributed by atoms with Crippen LogP contribution in [0.3, 0.4) is 0 Å². The Morgan fingerprint density at radius 2 is 1.67 bits per heavy atom. The van der Waals surface area contributed by atoms with Crippen LogP contribution < -0.4 is 5.32 Å². The molecule has 1 saturated heterocycles. The third-order valence-electron chi connectivity index (χ3n) is 3.75. The predicted molar refractivity (Wildman–Crippen MR) is 97.3 cm³/mol. The summed E-state index contributed by atoms with van der Waals surface area (Å²) in [6.45, 7) is 8.14. The number of carbonyl (C=O) groups excluding carboxylic acids is 1. The highest BCUT2D eigenvalue weighted by Crippen LogP contribution is 2.20. The van der Waals surface area contributed by atoms with Gasteiger partial charge in [0.2, 0.25) is 10.0 Å². The van der Waals surface area contributed by atoms with E-state index in [-0.39, 0.29) is 16.3 Å². The number of piperazine rings is 1. The van der Waals surface area contributed by atoms with E-state index in [4.69, 9.17) is 0 Å². The van der Waals surface area contributed by atoms with Crippen molar-refractivity contribution in [1.29, 1.82) is 0 Å². The van der Waals surface area contributed by atoms with Gasteiger partial charge in [-0.2, -0.15) is 4.31 Å². The fraction of sp³-hybridized carbons (Fsp3) is 0.562. The maximum Gasteiger partial charge on any atom is 0.317 e. The molecule has 1 aliphatic rings. The molecule has 0 spiro atoms. The van der Waals surface area contributed by atoms with Crippen molar-refractivity contribution in [2.75, 3.05) is 32.7 Å². The van der Waals surface area contributed by atoms with Gasteiger partial charge in [-0.25, -0.2) is 13.2 Å².